The van der Waals surface area contributed by atoms with Gasteiger partial charge in [-0.3, -0.25) is 19.8 Å². The molecule has 0 saturated carbocycles. The SMILES string of the molecule is NCCCCCC(=O)Nc1ccc(-c2cc(=O)[nH][nH]2)cc1. The molecule has 1 heterocycles. The first-order chi connectivity index (χ1) is 10.2. The van der Waals surface area contributed by atoms with E-state index in [2.05, 4.69) is 15.5 Å². The van der Waals surface area contributed by atoms with Gasteiger partial charge in [-0.05, 0) is 37.1 Å². The van der Waals surface area contributed by atoms with E-state index in [1.807, 2.05) is 24.3 Å². The summed E-state index contributed by atoms with van der Waals surface area (Å²) in [4.78, 5) is 22.8. The van der Waals surface area contributed by atoms with E-state index in [0.717, 1.165) is 36.2 Å². The van der Waals surface area contributed by atoms with Crippen molar-refractivity contribution in [1.82, 2.24) is 10.2 Å². The van der Waals surface area contributed by atoms with Gasteiger partial charge in [0.15, 0.2) is 0 Å². The molecule has 2 aromatic rings. The van der Waals surface area contributed by atoms with Crippen LogP contribution in [-0.2, 0) is 4.79 Å². The second-order valence-corrected chi connectivity index (χ2v) is 4.90. The number of aromatic amines is 2. The average molecular weight is 288 g/mol. The van der Waals surface area contributed by atoms with Crippen LogP contribution in [0.25, 0.3) is 11.3 Å². The van der Waals surface area contributed by atoms with E-state index in [1.54, 1.807) is 0 Å². The molecule has 0 aliphatic rings. The highest BCUT2D eigenvalue weighted by atomic mass is 16.1. The summed E-state index contributed by atoms with van der Waals surface area (Å²) >= 11 is 0. The number of amides is 1. The number of rotatable bonds is 7. The van der Waals surface area contributed by atoms with Crippen molar-refractivity contribution in [2.75, 3.05) is 11.9 Å². The highest BCUT2D eigenvalue weighted by molar-refractivity contribution is 5.90. The number of hydrogen-bond acceptors (Lipinski definition) is 3. The lowest BCUT2D eigenvalue weighted by Gasteiger charge is -2.06. The van der Waals surface area contributed by atoms with Gasteiger partial charge < -0.3 is 11.1 Å². The topological polar surface area (TPSA) is 104 Å². The first-order valence-electron chi connectivity index (χ1n) is 7.07. The monoisotopic (exact) mass is 288 g/mol. The number of benzene rings is 1. The van der Waals surface area contributed by atoms with E-state index in [1.165, 1.54) is 6.07 Å². The third-order valence-corrected chi connectivity index (χ3v) is 3.18. The minimum atomic E-state index is -0.167. The maximum atomic E-state index is 11.7. The molecule has 1 aromatic heterocycles. The van der Waals surface area contributed by atoms with Crippen LogP contribution in [-0.4, -0.2) is 22.6 Å². The van der Waals surface area contributed by atoms with Crippen LogP contribution >= 0.6 is 0 Å². The van der Waals surface area contributed by atoms with Gasteiger partial charge in [0.2, 0.25) is 5.91 Å². The standard InChI is InChI=1S/C15H20N4O2/c16-9-3-1-2-4-14(20)17-12-7-5-11(6-8-12)13-10-15(21)19-18-13/h5-8,10H,1-4,9,16H2,(H,17,20)(H2,18,19,21). The van der Waals surface area contributed by atoms with Gasteiger partial charge in [0.25, 0.3) is 5.56 Å². The zero-order valence-electron chi connectivity index (χ0n) is 11.8. The molecule has 0 aliphatic heterocycles. The van der Waals surface area contributed by atoms with E-state index in [4.69, 9.17) is 5.73 Å². The lowest BCUT2D eigenvalue weighted by Crippen LogP contribution is -2.11. The fourth-order valence-electron chi connectivity index (χ4n) is 2.05. The van der Waals surface area contributed by atoms with Crippen LogP contribution in [0.5, 0.6) is 0 Å². The van der Waals surface area contributed by atoms with Crippen LogP contribution in [0, 0.1) is 0 Å². The van der Waals surface area contributed by atoms with Crippen molar-refractivity contribution in [3.8, 4) is 11.3 Å². The van der Waals surface area contributed by atoms with E-state index < -0.39 is 0 Å². The number of anilines is 1. The highest BCUT2D eigenvalue weighted by Crippen LogP contribution is 2.18. The van der Waals surface area contributed by atoms with Crippen LogP contribution in [0.4, 0.5) is 5.69 Å². The number of aromatic nitrogens is 2. The molecule has 6 nitrogen and oxygen atoms in total. The van der Waals surface area contributed by atoms with Gasteiger partial charge in [0, 0.05) is 18.2 Å². The second-order valence-electron chi connectivity index (χ2n) is 4.90. The summed E-state index contributed by atoms with van der Waals surface area (Å²) in [5.74, 6) is 0.00910. The zero-order chi connectivity index (χ0) is 15.1. The molecule has 0 radical (unpaired) electrons. The van der Waals surface area contributed by atoms with Gasteiger partial charge in [0.1, 0.15) is 0 Å². The predicted molar refractivity (Wildman–Crippen MR) is 83.0 cm³/mol. The minimum absolute atomic E-state index is 0.00910. The third-order valence-electron chi connectivity index (χ3n) is 3.18. The Balaban J connectivity index is 1.87. The lowest BCUT2D eigenvalue weighted by atomic mass is 10.1. The first kappa shape index (κ1) is 15.1. The smallest absolute Gasteiger partial charge is 0.264 e. The number of unbranched alkanes of at least 4 members (excludes halogenated alkanes) is 2. The van der Waals surface area contributed by atoms with Crippen molar-refractivity contribution in [3.63, 3.8) is 0 Å². The number of H-pyrrole nitrogens is 2. The third kappa shape index (κ3) is 4.61. The zero-order valence-corrected chi connectivity index (χ0v) is 11.8. The largest absolute Gasteiger partial charge is 0.330 e. The Bertz CT molecular complexity index is 628. The molecule has 6 heteroatoms. The van der Waals surface area contributed by atoms with Gasteiger partial charge >= 0.3 is 0 Å². The van der Waals surface area contributed by atoms with Gasteiger partial charge in [0.05, 0.1) is 5.69 Å². The molecular formula is C15H20N4O2. The molecule has 112 valence electrons. The van der Waals surface area contributed by atoms with Crippen LogP contribution in [0.3, 0.4) is 0 Å². The van der Waals surface area contributed by atoms with Gasteiger partial charge in [-0.25, -0.2) is 0 Å². The number of nitrogens with two attached hydrogens (primary N) is 1. The fourth-order valence-corrected chi connectivity index (χ4v) is 2.05. The van der Waals surface area contributed by atoms with Gasteiger partial charge in [-0.2, -0.15) is 0 Å². The van der Waals surface area contributed by atoms with Crippen LogP contribution < -0.4 is 16.6 Å². The molecule has 0 spiro atoms. The van der Waals surface area contributed by atoms with Crippen LogP contribution in [0.1, 0.15) is 25.7 Å². The summed E-state index contributed by atoms with van der Waals surface area (Å²) < 4.78 is 0. The Labute approximate surface area is 122 Å². The van der Waals surface area contributed by atoms with Crippen molar-refractivity contribution in [2.45, 2.75) is 25.7 Å². The molecule has 0 bridgehead atoms. The summed E-state index contributed by atoms with van der Waals surface area (Å²) in [6.45, 7) is 0.671. The fraction of sp³-hybridized carbons (Fsp3) is 0.333. The molecule has 21 heavy (non-hydrogen) atoms. The number of carbonyl (C=O) groups excluding carboxylic acids is 1. The van der Waals surface area contributed by atoms with Crippen molar-refractivity contribution < 1.29 is 4.79 Å². The molecular weight excluding hydrogens is 268 g/mol. The molecule has 0 saturated heterocycles. The Morgan fingerprint density at radius 3 is 2.48 bits per heavy atom. The van der Waals surface area contributed by atoms with E-state index in [0.29, 0.717) is 13.0 Å². The molecule has 2 rings (SSSR count). The minimum Gasteiger partial charge on any atom is -0.330 e. The molecule has 0 unspecified atom stereocenters. The van der Waals surface area contributed by atoms with E-state index >= 15 is 0 Å². The number of nitrogens with one attached hydrogen (secondary N) is 3. The Morgan fingerprint density at radius 1 is 1.10 bits per heavy atom. The van der Waals surface area contributed by atoms with Crippen molar-refractivity contribution in [3.05, 3.63) is 40.7 Å². The van der Waals surface area contributed by atoms with Crippen LogP contribution in [0.15, 0.2) is 35.1 Å². The van der Waals surface area contributed by atoms with Crippen molar-refractivity contribution in [1.29, 1.82) is 0 Å². The maximum absolute atomic E-state index is 11.7. The average Bonchev–Trinajstić information content (AvgIpc) is 2.91. The summed E-state index contributed by atoms with van der Waals surface area (Å²) in [5.41, 5.74) is 7.60. The first-order valence-corrected chi connectivity index (χ1v) is 7.07. The molecule has 0 fully saturated rings. The quantitative estimate of drug-likeness (QED) is 0.584. The van der Waals surface area contributed by atoms with E-state index in [-0.39, 0.29) is 11.5 Å². The number of hydrogen-bond donors (Lipinski definition) is 4. The van der Waals surface area contributed by atoms with Crippen molar-refractivity contribution in [2.24, 2.45) is 5.73 Å². The number of carbonyl (C=O) groups is 1. The van der Waals surface area contributed by atoms with Crippen LogP contribution in [0.2, 0.25) is 0 Å². The summed E-state index contributed by atoms with van der Waals surface area (Å²) in [6, 6.07) is 8.83. The predicted octanol–water partition coefficient (Wildman–Crippen LogP) is 1.83. The molecule has 0 aliphatic carbocycles. The Morgan fingerprint density at radius 2 is 1.86 bits per heavy atom. The highest BCUT2D eigenvalue weighted by Gasteiger charge is 2.04. The Hall–Kier alpha value is -2.34. The molecule has 1 amide bonds. The molecule has 1 aromatic carbocycles. The lowest BCUT2D eigenvalue weighted by molar-refractivity contribution is -0.116. The second kappa shape index (κ2) is 7.44. The Kier molecular flexibility index (Phi) is 5.34. The summed E-state index contributed by atoms with van der Waals surface area (Å²) in [5, 5.41) is 8.13. The van der Waals surface area contributed by atoms with Crippen molar-refractivity contribution >= 4 is 11.6 Å². The normalized spacial score (nSPS) is 10.5. The van der Waals surface area contributed by atoms with Gasteiger partial charge in [-0.15, -0.1) is 0 Å². The summed E-state index contributed by atoms with van der Waals surface area (Å²) in [7, 11) is 0. The maximum Gasteiger partial charge on any atom is 0.264 e. The molecule has 5 N–H and O–H groups in total. The van der Waals surface area contributed by atoms with Gasteiger partial charge in [-0.1, -0.05) is 18.6 Å². The molecule has 0 atom stereocenters. The summed E-state index contributed by atoms with van der Waals surface area (Å²) in [6.07, 6.45) is 3.29. The van der Waals surface area contributed by atoms with E-state index in [9.17, 15) is 9.59 Å².